The number of rotatable bonds is 2. The van der Waals surface area contributed by atoms with E-state index < -0.39 is 0 Å². The minimum absolute atomic E-state index is 0.226. The van der Waals surface area contributed by atoms with Gasteiger partial charge < -0.3 is 10.6 Å². The summed E-state index contributed by atoms with van der Waals surface area (Å²) >= 11 is 0. The fourth-order valence-electron chi connectivity index (χ4n) is 1.86. The summed E-state index contributed by atoms with van der Waals surface area (Å²) in [5, 5.41) is 0. The Morgan fingerprint density at radius 1 is 1.54 bits per heavy atom. The third kappa shape index (κ3) is 3.32. The summed E-state index contributed by atoms with van der Waals surface area (Å²) in [4.78, 5) is 15.2. The highest BCUT2D eigenvalue weighted by Gasteiger charge is 2.20. The van der Waals surface area contributed by atoms with E-state index in [1.54, 1.807) is 0 Å². The third-order valence-electron chi connectivity index (χ3n) is 2.54. The smallest absolute Gasteiger partial charge is 0.231 e. The molecule has 1 saturated heterocycles. The van der Waals surface area contributed by atoms with E-state index in [-0.39, 0.29) is 5.91 Å². The van der Waals surface area contributed by atoms with Crippen LogP contribution < -0.4 is 5.73 Å². The molecule has 0 bridgehead atoms. The second-order valence-corrected chi connectivity index (χ2v) is 3.90. The van der Waals surface area contributed by atoms with Crippen molar-refractivity contribution in [3.8, 4) is 0 Å². The third-order valence-corrected chi connectivity index (χ3v) is 2.54. The van der Waals surface area contributed by atoms with Crippen LogP contribution in [0.3, 0.4) is 0 Å². The SMILES string of the molecule is CC1CN(C)CCCN1CC(N)=O. The number of hydrogen-bond acceptors (Lipinski definition) is 3. The van der Waals surface area contributed by atoms with E-state index in [0.717, 1.165) is 26.1 Å². The topological polar surface area (TPSA) is 49.6 Å². The van der Waals surface area contributed by atoms with Gasteiger partial charge in [-0.3, -0.25) is 9.69 Å². The maximum absolute atomic E-state index is 10.8. The van der Waals surface area contributed by atoms with Crippen LogP contribution in [0, 0.1) is 0 Å². The van der Waals surface area contributed by atoms with E-state index in [1.807, 2.05) is 0 Å². The van der Waals surface area contributed by atoms with Gasteiger partial charge in [0.1, 0.15) is 0 Å². The first-order chi connectivity index (χ1) is 6.09. The van der Waals surface area contributed by atoms with Gasteiger partial charge in [0.15, 0.2) is 0 Å². The summed E-state index contributed by atoms with van der Waals surface area (Å²) in [5.74, 6) is -0.226. The number of likely N-dealkylation sites (N-methyl/N-ethyl adjacent to an activating group) is 1. The molecule has 1 amide bonds. The van der Waals surface area contributed by atoms with E-state index >= 15 is 0 Å². The molecule has 0 aromatic rings. The summed E-state index contributed by atoms with van der Waals surface area (Å²) in [5.41, 5.74) is 5.18. The van der Waals surface area contributed by atoms with Crippen LogP contribution in [0.5, 0.6) is 0 Å². The number of carbonyl (C=O) groups excluding carboxylic acids is 1. The van der Waals surface area contributed by atoms with Crippen molar-refractivity contribution in [2.75, 3.05) is 33.2 Å². The van der Waals surface area contributed by atoms with Gasteiger partial charge >= 0.3 is 0 Å². The molecular formula is C9H19N3O. The zero-order valence-corrected chi connectivity index (χ0v) is 8.49. The van der Waals surface area contributed by atoms with Crippen LogP contribution in [0.4, 0.5) is 0 Å². The fourth-order valence-corrected chi connectivity index (χ4v) is 1.86. The molecule has 0 saturated carbocycles. The van der Waals surface area contributed by atoms with Crippen molar-refractivity contribution in [2.24, 2.45) is 5.73 Å². The molecule has 2 N–H and O–H groups in total. The molecule has 13 heavy (non-hydrogen) atoms. The van der Waals surface area contributed by atoms with E-state index in [4.69, 9.17) is 5.73 Å². The van der Waals surface area contributed by atoms with E-state index in [1.165, 1.54) is 0 Å². The molecule has 1 unspecified atom stereocenters. The molecule has 0 aromatic carbocycles. The van der Waals surface area contributed by atoms with Gasteiger partial charge in [0.05, 0.1) is 6.54 Å². The second-order valence-electron chi connectivity index (χ2n) is 3.90. The number of hydrogen-bond donors (Lipinski definition) is 1. The van der Waals surface area contributed by atoms with Crippen molar-refractivity contribution in [2.45, 2.75) is 19.4 Å². The lowest BCUT2D eigenvalue weighted by Crippen LogP contribution is -2.42. The van der Waals surface area contributed by atoms with Crippen molar-refractivity contribution >= 4 is 5.91 Å². The molecule has 1 atom stereocenters. The van der Waals surface area contributed by atoms with Crippen LogP contribution in [0.15, 0.2) is 0 Å². The van der Waals surface area contributed by atoms with Crippen LogP contribution in [-0.2, 0) is 4.79 Å². The van der Waals surface area contributed by atoms with E-state index in [0.29, 0.717) is 12.6 Å². The Morgan fingerprint density at radius 3 is 2.85 bits per heavy atom. The average Bonchev–Trinajstić information content (AvgIpc) is 2.13. The van der Waals surface area contributed by atoms with Gasteiger partial charge in [0.2, 0.25) is 5.91 Å². The van der Waals surface area contributed by atoms with Crippen molar-refractivity contribution in [3.05, 3.63) is 0 Å². The largest absolute Gasteiger partial charge is 0.369 e. The lowest BCUT2D eigenvalue weighted by atomic mass is 10.2. The summed E-state index contributed by atoms with van der Waals surface area (Å²) in [6, 6.07) is 0.431. The molecule has 1 aliphatic rings. The van der Waals surface area contributed by atoms with Crippen LogP contribution in [0.25, 0.3) is 0 Å². The Kier molecular flexibility index (Phi) is 3.69. The molecule has 0 aliphatic carbocycles. The Labute approximate surface area is 79.7 Å². The van der Waals surface area contributed by atoms with Gasteiger partial charge in [-0.25, -0.2) is 0 Å². The summed E-state index contributed by atoms with van der Waals surface area (Å²) < 4.78 is 0. The second kappa shape index (κ2) is 4.58. The summed E-state index contributed by atoms with van der Waals surface area (Å²) in [7, 11) is 2.12. The maximum atomic E-state index is 10.8. The first-order valence-electron chi connectivity index (χ1n) is 4.80. The highest BCUT2D eigenvalue weighted by atomic mass is 16.1. The molecular weight excluding hydrogens is 166 g/mol. The molecule has 1 fully saturated rings. The molecule has 4 nitrogen and oxygen atoms in total. The maximum Gasteiger partial charge on any atom is 0.231 e. The number of amides is 1. The predicted octanol–water partition coefficient (Wildman–Crippen LogP) is -0.502. The summed E-state index contributed by atoms with van der Waals surface area (Å²) in [6.07, 6.45) is 1.12. The molecule has 0 spiro atoms. The van der Waals surface area contributed by atoms with Crippen LogP contribution >= 0.6 is 0 Å². The molecule has 4 heteroatoms. The molecule has 0 aromatic heterocycles. The minimum atomic E-state index is -0.226. The van der Waals surface area contributed by atoms with Gasteiger partial charge in [0.25, 0.3) is 0 Å². The van der Waals surface area contributed by atoms with E-state index in [9.17, 15) is 4.79 Å². The Balaban J connectivity index is 2.48. The van der Waals surface area contributed by atoms with Gasteiger partial charge in [-0.05, 0) is 26.9 Å². The van der Waals surface area contributed by atoms with Gasteiger partial charge in [-0.2, -0.15) is 0 Å². The van der Waals surface area contributed by atoms with Crippen LogP contribution in [0.2, 0.25) is 0 Å². The van der Waals surface area contributed by atoms with Crippen LogP contribution in [-0.4, -0.2) is 55.0 Å². The van der Waals surface area contributed by atoms with Crippen molar-refractivity contribution in [1.82, 2.24) is 9.80 Å². The van der Waals surface area contributed by atoms with Crippen molar-refractivity contribution in [1.29, 1.82) is 0 Å². The van der Waals surface area contributed by atoms with Gasteiger partial charge in [-0.15, -0.1) is 0 Å². The molecule has 1 rings (SSSR count). The minimum Gasteiger partial charge on any atom is -0.369 e. The normalized spacial score (nSPS) is 27.1. The van der Waals surface area contributed by atoms with E-state index in [2.05, 4.69) is 23.8 Å². The van der Waals surface area contributed by atoms with Crippen molar-refractivity contribution < 1.29 is 4.79 Å². The monoisotopic (exact) mass is 185 g/mol. The Hall–Kier alpha value is -0.610. The number of nitrogens with zero attached hydrogens (tertiary/aromatic N) is 2. The zero-order valence-electron chi connectivity index (χ0n) is 8.49. The number of carbonyl (C=O) groups is 1. The van der Waals surface area contributed by atoms with Gasteiger partial charge in [0, 0.05) is 19.1 Å². The molecule has 1 aliphatic heterocycles. The summed E-state index contributed by atoms with van der Waals surface area (Å²) in [6.45, 7) is 5.65. The lowest BCUT2D eigenvalue weighted by Gasteiger charge is -2.26. The number of primary amides is 1. The Bertz CT molecular complexity index is 184. The predicted molar refractivity (Wildman–Crippen MR) is 52.3 cm³/mol. The first-order valence-corrected chi connectivity index (χ1v) is 4.80. The molecule has 0 radical (unpaired) electrons. The standard InChI is InChI=1S/C9H19N3O/c1-8-6-11(2)4-3-5-12(8)7-9(10)13/h8H,3-7H2,1-2H3,(H2,10,13). The van der Waals surface area contributed by atoms with Crippen molar-refractivity contribution in [3.63, 3.8) is 0 Å². The van der Waals surface area contributed by atoms with Crippen LogP contribution in [0.1, 0.15) is 13.3 Å². The zero-order chi connectivity index (χ0) is 9.84. The first kappa shape index (κ1) is 10.5. The fraction of sp³-hybridized carbons (Fsp3) is 0.889. The molecule has 1 heterocycles. The lowest BCUT2D eigenvalue weighted by molar-refractivity contribution is -0.119. The highest BCUT2D eigenvalue weighted by molar-refractivity contribution is 5.75. The Morgan fingerprint density at radius 2 is 2.23 bits per heavy atom. The number of nitrogens with two attached hydrogens (primary N) is 1. The molecule has 76 valence electrons. The quantitative estimate of drug-likeness (QED) is 0.631. The highest BCUT2D eigenvalue weighted by Crippen LogP contribution is 2.07. The average molecular weight is 185 g/mol. The van der Waals surface area contributed by atoms with Gasteiger partial charge in [-0.1, -0.05) is 0 Å².